The molecule has 0 bridgehead atoms. The minimum Gasteiger partial charge on any atom is -0.365 e. The summed E-state index contributed by atoms with van der Waals surface area (Å²) >= 11 is 0. The molecule has 0 aliphatic carbocycles. The van der Waals surface area contributed by atoms with Gasteiger partial charge >= 0.3 is 0 Å². The van der Waals surface area contributed by atoms with Gasteiger partial charge in [-0.15, -0.1) is 0 Å². The molecule has 2 N–H and O–H groups in total. The number of rotatable bonds is 5. The summed E-state index contributed by atoms with van der Waals surface area (Å²) in [5.74, 6) is 0.860. The van der Waals surface area contributed by atoms with Crippen LogP contribution in [0.1, 0.15) is 28.3 Å². The number of aryl methyl sites for hydroxylation is 3. The third kappa shape index (κ3) is 3.47. The van der Waals surface area contributed by atoms with Gasteiger partial charge in [0, 0.05) is 24.0 Å². The van der Waals surface area contributed by atoms with Gasteiger partial charge in [0.15, 0.2) is 0 Å². The largest absolute Gasteiger partial charge is 0.365 e. The Morgan fingerprint density at radius 3 is 2.79 bits per heavy atom. The molecule has 19 heavy (non-hydrogen) atoms. The molecule has 0 radical (unpaired) electrons. The molecule has 0 fully saturated rings. The van der Waals surface area contributed by atoms with Crippen LogP contribution in [0.3, 0.4) is 0 Å². The topological polar surface area (TPSA) is 70.9 Å². The van der Waals surface area contributed by atoms with Crippen molar-refractivity contribution in [1.82, 2.24) is 15.5 Å². The maximum atomic E-state index is 11.8. The Labute approximate surface area is 112 Å². The molecule has 0 atom stereocenters. The minimum atomic E-state index is 0.0331. The minimum absolute atomic E-state index is 0.0331. The Morgan fingerprint density at radius 1 is 1.42 bits per heavy atom. The summed E-state index contributed by atoms with van der Waals surface area (Å²) < 4.78 is 5.08. The fourth-order valence-electron chi connectivity index (χ4n) is 2.10. The number of nitrogens with zero attached hydrogens (tertiary/aromatic N) is 1. The SMILES string of the molecule is Cc1cc(CC(=O)NCCc2c(C)noc2C)c[nH]1. The van der Waals surface area contributed by atoms with E-state index in [4.69, 9.17) is 4.52 Å². The van der Waals surface area contributed by atoms with Crippen LogP contribution in [0.2, 0.25) is 0 Å². The highest BCUT2D eigenvalue weighted by molar-refractivity contribution is 5.78. The quantitative estimate of drug-likeness (QED) is 0.862. The smallest absolute Gasteiger partial charge is 0.224 e. The summed E-state index contributed by atoms with van der Waals surface area (Å²) in [5, 5.41) is 6.80. The first kappa shape index (κ1) is 13.4. The van der Waals surface area contributed by atoms with Gasteiger partial charge in [0.25, 0.3) is 0 Å². The van der Waals surface area contributed by atoms with E-state index in [9.17, 15) is 4.79 Å². The van der Waals surface area contributed by atoms with Gasteiger partial charge < -0.3 is 14.8 Å². The van der Waals surface area contributed by atoms with Gasteiger partial charge in [-0.1, -0.05) is 5.16 Å². The standard InChI is InChI=1S/C14H19N3O2/c1-9-6-12(8-16-9)7-14(18)15-5-4-13-10(2)17-19-11(13)3/h6,8,16H,4-5,7H2,1-3H3,(H,15,18). The average molecular weight is 261 g/mol. The van der Waals surface area contributed by atoms with Crippen LogP contribution >= 0.6 is 0 Å². The predicted octanol–water partition coefficient (Wildman–Crippen LogP) is 1.83. The van der Waals surface area contributed by atoms with Gasteiger partial charge in [0.1, 0.15) is 5.76 Å². The summed E-state index contributed by atoms with van der Waals surface area (Å²) in [7, 11) is 0. The normalized spacial score (nSPS) is 10.7. The zero-order chi connectivity index (χ0) is 13.8. The number of H-pyrrole nitrogens is 1. The maximum absolute atomic E-state index is 11.8. The molecule has 0 aliphatic rings. The Balaban J connectivity index is 1.78. The first-order valence-corrected chi connectivity index (χ1v) is 6.38. The van der Waals surface area contributed by atoms with E-state index >= 15 is 0 Å². The van der Waals surface area contributed by atoms with E-state index < -0.39 is 0 Å². The van der Waals surface area contributed by atoms with Crippen LogP contribution in [0, 0.1) is 20.8 Å². The van der Waals surface area contributed by atoms with Crippen molar-refractivity contribution in [1.29, 1.82) is 0 Å². The van der Waals surface area contributed by atoms with E-state index in [0.717, 1.165) is 34.7 Å². The number of hydrogen-bond acceptors (Lipinski definition) is 3. The second kappa shape index (κ2) is 5.73. The molecular formula is C14H19N3O2. The Hall–Kier alpha value is -2.04. The van der Waals surface area contributed by atoms with Crippen molar-refractivity contribution in [2.24, 2.45) is 0 Å². The second-order valence-corrected chi connectivity index (χ2v) is 4.77. The number of aromatic nitrogens is 2. The first-order chi connectivity index (χ1) is 9.06. The highest BCUT2D eigenvalue weighted by atomic mass is 16.5. The van der Waals surface area contributed by atoms with E-state index in [2.05, 4.69) is 15.5 Å². The molecule has 5 heteroatoms. The van der Waals surface area contributed by atoms with Crippen LogP contribution < -0.4 is 5.32 Å². The van der Waals surface area contributed by atoms with E-state index in [-0.39, 0.29) is 5.91 Å². The van der Waals surface area contributed by atoms with Crippen molar-refractivity contribution in [3.05, 3.63) is 40.5 Å². The summed E-state index contributed by atoms with van der Waals surface area (Å²) in [6.07, 6.45) is 3.02. The molecule has 2 aromatic rings. The summed E-state index contributed by atoms with van der Waals surface area (Å²) in [5.41, 5.74) is 4.05. The zero-order valence-electron chi connectivity index (χ0n) is 11.5. The van der Waals surface area contributed by atoms with Crippen molar-refractivity contribution in [3.8, 4) is 0 Å². The van der Waals surface area contributed by atoms with Crippen molar-refractivity contribution in [2.45, 2.75) is 33.6 Å². The number of nitrogens with one attached hydrogen (secondary N) is 2. The molecule has 5 nitrogen and oxygen atoms in total. The Bertz CT molecular complexity index is 550. The molecular weight excluding hydrogens is 242 g/mol. The number of aromatic amines is 1. The van der Waals surface area contributed by atoms with Crippen LogP contribution in [-0.2, 0) is 17.6 Å². The van der Waals surface area contributed by atoms with Crippen LogP contribution in [0.4, 0.5) is 0 Å². The van der Waals surface area contributed by atoms with Crippen molar-refractivity contribution >= 4 is 5.91 Å². The van der Waals surface area contributed by atoms with Gasteiger partial charge in [-0.25, -0.2) is 0 Å². The van der Waals surface area contributed by atoms with Crippen molar-refractivity contribution in [2.75, 3.05) is 6.54 Å². The van der Waals surface area contributed by atoms with Crippen LogP contribution in [0.5, 0.6) is 0 Å². The third-order valence-electron chi connectivity index (χ3n) is 3.13. The van der Waals surface area contributed by atoms with Gasteiger partial charge in [-0.3, -0.25) is 4.79 Å². The number of carbonyl (C=O) groups is 1. The lowest BCUT2D eigenvalue weighted by atomic mass is 10.1. The second-order valence-electron chi connectivity index (χ2n) is 4.77. The lowest BCUT2D eigenvalue weighted by Crippen LogP contribution is -2.27. The maximum Gasteiger partial charge on any atom is 0.224 e. The lowest BCUT2D eigenvalue weighted by molar-refractivity contribution is -0.120. The number of amides is 1. The molecule has 0 aliphatic heterocycles. The van der Waals surface area contributed by atoms with Crippen LogP contribution in [-0.4, -0.2) is 22.6 Å². The van der Waals surface area contributed by atoms with Crippen molar-refractivity contribution < 1.29 is 9.32 Å². The molecule has 0 aromatic carbocycles. The van der Waals surface area contributed by atoms with E-state index in [1.165, 1.54) is 0 Å². The van der Waals surface area contributed by atoms with Crippen molar-refractivity contribution in [3.63, 3.8) is 0 Å². The average Bonchev–Trinajstić information content (AvgIpc) is 2.89. The van der Waals surface area contributed by atoms with Gasteiger partial charge in [0.05, 0.1) is 12.1 Å². The fraction of sp³-hybridized carbons (Fsp3) is 0.429. The molecule has 0 saturated carbocycles. The molecule has 1 amide bonds. The Kier molecular flexibility index (Phi) is 4.04. The molecule has 0 spiro atoms. The summed E-state index contributed by atoms with van der Waals surface area (Å²) in [4.78, 5) is 14.8. The van der Waals surface area contributed by atoms with Crippen LogP contribution in [0.25, 0.3) is 0 Å². The molecule has 0 unspecified atom stereocenters. The Morgan fingerprint density at radius 2 is 2.21 bits per heavy atom. The highest BCUT2D eigenvalue weighted by Gasteiger charge is 2.09. The predicted molar refractivity (Wildman–Crippen MR) is 71.9 cm³/mol. The third-order valence-corrected chi connectivity index (χ3v) is 3.13. The summed E-state index contributed by atoms with van der Waals surface area (Å²) in [6, 6.07) is 1.98. The van der Waals surface area contributed by atoms with E-state index in [1.807, 2.05) is 33.0 Å². The van der Waals surface area contributed by atoms with Gasteiger partial charge in [-0.2, -0.15) is 0 Å². The number of carbonyl (C=O) groups excluding carboxylic acids is 1. The first-order valence-electron chi connectivity index (χ1n) is 6.38. The summed E-state index contributed by atoms with van der Waals surface area (Å²) in [6.45, 7) is 6.37. The molecule has 2 rings (SSSR count). The van der Waals surface area contributed by atoms with E-state index in [0.29, 0.717) is 13.0 Å². The molecule has 0 saturated heterocycles. The molecule has 2 heterocycles. The van der Waals surface area contributed by atoms with Crippen LogP contribution in [0.15, 0.2) is 16.8 Å². The zero-order valence-corrected chi connectivity index (χ0v) is 11.5. The number of hydrogen-bond donors (Lipinski definition) is 2. The molecule has 102 valence electrons. The fourth-order valence-corrected chi connectivity index (χ4v) is 2.10. The monoisotopic (exact) mass is 261 g/mol. The van der Waals surface area contributed by atoms with E-state index in [1.54, 1.807) is 0 Å². The van der Waals surface area contributed by atoms with Gasteiger partial charge in [0.2, 0.25) is 5.91 Å². The molecule has 2 aromatic heterocycles. The highest BCUT2D eigenvalue weighted by Crippen LogP contribution is 2.12. The van der Waals surface area contributed by atoms with Gasteiger partial charge in [-0.05, 0) is 38.8 Å². The lowest BCUT2D eigenvalue weighted by Gasteiger charge is -2.04.